The third-order valence-corrected chi connectivity index (χ3v) is 2.97. The zero-order chi connectivity index (χ0) is 9.35. The van der Waals surface area contributed by atoms with Crippen LogP contribution < -0.4 is 0 Å². The van der Waals surface area contributed by atoms with Crippen molar-refractivity contribution in [2.45, 2.75) is 27.2 Å². The molecule has 1 aliphatic rings. The van der Waals surface area contributed by atoms with E-state index in [-0.39, 0.29) is 16.6 Å². The summed E-state index contributed by atoms with van der Waals surface area (Å²) in [7, 11) is 0. The average Bonchev–Trinajstić information content (AvgIpc) is 2.49. The van der Waals surface area contributed by atoms with Crippen LogP contribution in [0.25, 0.3) is 0 Å². The second-order valence-corrected chi connectivity index (χ2v) is 4.34. The molecular formula is C10H15ClO. The Morgan fingerprint density at radius 1 is 1.58 bits per heavy atom. The van der Waals surface area contributed by atoms with Gasteiger partial charge in [0.05, 0.1) is 0 Å². The first-order chi connectivity index (χ1) is 5.51. The summed E-state index contributed by atoms with van der Waals surface area (Å²) in [6, 6.07) is 0. The topological polar surface area (TPSA) is 17.1 Å². The third-order valence-electron chi connectivity index (χ3n) is 2.73. The molecule has 68 valence electrons. The van der Waals surface area contributed by atoms with E-state index in [9.17, 15) is 4.79 Å². The van der Waals surface area contributed by atoms with E-state index >= 15 is 0 Å². The first-order valence-corrected chi connectivity index (χ1v) is 4.75. The Hall–Kier alpha value is -0.300. The van der Waals surface area contributed by atoms with Crippen LogP contribution >= 0.6 is 11.6 Å². The highest BCUT2D eigenvalue weighted by Gasteiger charge is 2.59. The van der Waals surface area contributed by atoms with E-state index in [0.717, 1.165) is 6.42 Å². The second kappa shape index (κ2) is 3.21. The van der Waals surface area contributed by atoms with Crippen molar-refractivity contribution in [2.24, 2.45) is 17.3 Å². The Balaban J connectivity index is 2.60. The minimum absolute atomic E-state index is 0.0435. The maximum absolute atomic E-state index is 10.9. The standard InChI is InChI=1S/C10H15ClO/c1-4-5-6-7-8(9(11)12)10(7,2)3/h5-8H,4H2,1-3H3/b6-5-/t7-,8+/m1/s1. The Labute approximate surface area is 78.8 Å². The SMILES string of the molecule is CC/C=C\[C@@H]1[C@@H](C(=O)Cl)C1(C)C. The van der Waals surface area contributed by atoms with Crippen LogP contribution in [0.3, 0.4) is 0 Å². The molecule has 1 rings (SSSR count). The molecule has 1 saturated carbocycles. The molecule has 0 aromatic heterocycles. The normalized spacial score (nSPS) is 32.3. The van der Waals surface area contributed by atoms with Crippen LogP contribution in [0.15, 0.2) is 12.2 Å². The van der Waals surface area contributed by atoms with Gasteiger partial charge in [0.2, 0.25) is 5.24 Å². The number of hydrogen-bond donors (Lipinski definition) is 0. The first kappa shape index (κ1) is 9.79. The monoisotopic (exact) mass is 186 g/mol. The van der Waals surface area contributed by atoms with Gasteiger partial charge in [-0.25, -0.2) is 0 Å². The lowest BCUT2D eigenvalue weighted by Crippen LogP contribution is -1.96. The fraction of sp³-hybridized carbons (Fsp3) is 0.700. The number of halogens is 1. The third kappa shape index (κ3) is 1.56. The molecule has 1 aliphatic carbocycles. The van der Waals surface area contributed by atoms with Crippen LogP contribution in [-0.2, 0) is 4.79 Å². The molecule has 0 bridgehead atoms. The number of carbonyl (C=O) groups is 1. The molecule has 0 radical (unpaired) electrons. The van der Waals surface area contributed by atoms with Gasteiger partial charge in [-0.3, -0.25) is 4.79 Å². The Bertz CT molecular complexity index is 218. The van der Waals surface area contributed by atoms with Crippen molar-refractivity contribution in [3.8, 4) is 0 Å². The Kier molecular flexibility index (Phi) is 2.62. The molecule has 1 nitrogen and oxygen atoms in total. The molecule has 0 spiro atoms. The predicted octanol–water partition coefficient (Wildman–Crippen LogP) is 2.99. The molecule has 0 aromatic carbocycles. The molecule has 0 heterocycles. The molecule has 12 heavy (non-hydrogen) atoms. The van der Waals surface area contributed by atoms with Gasteiger partial charge in [-0.1, -0.05) is 32.9 Å². The van der Waals surface area contributed by atoms with Crippen molar-refractivity contribution >= 4 is 16.8 Å². The van der Waals surface area contributed by atoms with Crippen LogP contribution in [0.2, 0.25) is 0 Å². The summed E-state index contributed by atoms with van der Waals surface area (Å²) in [4.78, 5) is 10.9. The van der Waals surface area contributed by atoms with Gasteiger partial charge < -0.3 is 0 Å². The number of carbonyl (C=O) groups excluding carboxylic acids is 1. The molecule has 0 saturated heterocycles. The zero-order valence-electron chi connectivity index (χ0n) is 7.80. The van der Waals surface area contributed by atoms with Gasteiger partial charge in [-0.2, -0.15) is 0 Å². The second-order valence-electron chi connectivity index (χ2n) is 3.97. The molecule has 0 aromatic rings. The van der Waals surface area contributed by atoms with E-state index in [1.165, 1.54) is 0 Å². The lowest BCUT2D eigenvalue weighted by molar-refractivity contribution is -0.113. The van der Waals surface area contributed by atoms with Crippen LogP contribution in [0, 0.1) is 17.3 Å². The summed E-state index contributed by atoms with van der Waals surface area (Å²) >= 11 is 5.46. The highest BCUT2D eigenvalue weighted by molar-refractivity contribution is 6.64. The van der Waals surface area contributed by atoms with Gasteiger partial charge in [-0.05, 0) is 29.4 Å². The molecule has 2 heteroatoms. The molecule has 0 N–H and O–H groups in total. The number of allylic oxidation sites excluding steroid dienone is 2. The Morgan fingerprint density at radius 2 is 2.17 bits per heavy atom. The van der Waals surface area contributed by atoms with Gasteiger partial charge in [0.25, 0.3) is 0 Å². The van der Waals surface area contributed by atoms with Crippen LogP contribution in [0.5, 0.6) is 0 Å². The fourth-order valence-corrected chi connectivity index (χ4v) is 2.17. The molecule has 1 fully saturated rings. The van der Waals surface area contributed by atoms with E-state index in [2.05, 4.69) is 32.9 Å². The maximum Gasteiger partial charge on any atom is 0.225 e. The van der Waals surface area contributed by atoms with Gasteiger partial charge in [0.1, 0.15) is 0 Å². The van der Waals surface area contributed by atoms with Crippen LogP contribution in [-0.4, -0.2) is 5.24 Å². The largest absolute Gasteiger partial charge is 0.281 e. The summed E-state index contributed by atoms with van der Waals surface area (Å²) in [5.41, 5.74) is 0.0878. The summed E-state index contributed by atoms with van der Waals surface area (Å²) in [5.74, 6) is 0.407. The zero-order valence-corrected chi connectivity index (χ0v) is 8.56. The molecule has 0 aliphatic heterocycles. The number of rotatable bonds is 3. The predicted molar refractivity (Wildman–Crippen MR) is 51.1 cm³/mol. The van der Waals surface area contributed by atoms with Crippen LogP contribution in [0.4, 0.5) is 0 Å². The van der Waals surface area contributed by atoms with Gasteiger partial charge >= 0.3 is 0 Å². The summed E-state index contributed by atoms with van der Waals surface area (Å²) in [6.45, 7) is 6.26. The van der Waals surface area contributed by atoms with Crippen molar-refractivity contribution in [3.63, 3.8) is 0 Å². The first-order valence-electron chi connectivity index (χ1n) is 4.37. The highest BCUT2D eigenvalue weighted by atomic mass is 35.5. The highest BCUT2D eigenvalue weighted by Crippen LogP contribution is 2.59. The smallest absolute Gasteiger partial charge is 0.225 e. The van der Waals surface area contributed by atoms with Crippen LogP contribution in [0.1, 0.15) is 27.2 Å². The quantitative estimate of drug-likeness (QED) is 0.489. The molecule has 0 amide bonds. The van der Waals surface area contributed by atoms with E-state index in [1.807, 2.05) is 0 Å². The average molecular weight is 187 g/mol. The summed E-state index contributed by atoms with van der Waals surface area (Å²) in [5, 5.41) is -0.189. The van der Waals surface area contributed by atoms with E-state index in [0.29, 0.717) is 5.92 Å². The number of hydrogen-bond acceptors (Lipinski definition) is 1. The van der Waals surface area contributed by atoms with Gasteiger partial charge in [-0.15, -0.1) is 0 Å². The van der Waals surface area contributed by atoms with E-state index in [1.54, 1.807) is 0 Å². The summed E-state index contributed by atoms with van der Waals surface area (Å²) < 4.78 is 0. The van der Waals surface area contributed by atoms with Crippen molar-refractivity contribution in [1.82, 2.24) is 0 Å². The molecule has 0 unspecified atom stereocenters. The van der Waals surface area contributed by atoms with Gasteiger partial charge in [0, 0.05) is 5.92 Å². The van der Waals surface area contributed by atoms with Crippen molar-refractivity contribution < 1.29 is 4.79 Å². The maximum atomic E-state index is 10.9. The van der Waals surface area contributed by atoms with Crippen molar-refractivity contribution in [3.05, 3.63) is 12.2 Å². The Morgan fingerprint density at radius 3 is 2.50 bits per heavy atom. The summed E-state index contributed by atoms with van der Waals surface area (Å²) in [6.07, 6.45) is 5.24. The minimum atomic E-state index is -0.189. The molecule has 2 atom stereocenters. The lowest BCUT2D eigenvalue weighted by atomic mass is 10.1. The van der Waals surface area contributed by atoms with Crippen molar-refractivity contribution in [2.75, 3.05) is 0 Å². The van der Waals surface area contributed by atoms with Crippen molar-refractivity contribution in [1.29, 1.82) is 0 Å². The minimum Gasteiger partial charge on any atom is -0.281 e. The van der Waals surface area contributed by atoms with Gasteiger partial charge in [0.15, 0.2) is 0 Å². The van der Waals surface area contributed by atoms with E-state index in [4.69, 9.17) is 11.6 Å². The fourth-order valence-electron chi connectivity index (χ4n) is 1.75. The molecular weight excluding hydrogens is 172 g/mol. The lowest BCUT2D eigenvalue weighted by Gasteiger charge is -1.95. The van der Waals surface area contributed by atoms with E-state index < -0.39 is 0 Å².